The van der Waals surface area contributed by atoms with Crippen molar-refractivity contribution in [3.05, 3.63) is 107 Å². The van der Waals surface area contributed by atoms with E-state index in [-0.39, 0.29) is 28.9 Å². The Kier molecular flexibility index (Phi) is 9.60. The lowest BCUT2D eigenvalue weighted by Gasteiger charge is -2.43. The molecular weight excluding hydrogens is 500 g/mol. The lowest BCUT2D eigenvalue weighted by atomic mass is 9.68. The molecular formula is C32H33F2NO4. The van der Waals surface area contributed by atoms with E-state index in [0.717, 1.165) is 32.5 Å². The second-order valence-electron chi connectivity index (χ2n) is 9.68. The molecule has 3 aromatic carbocycles. The van der Waals surface area contributed by atoms with Crippen LogP contribution in [0.3, 0.4) is 0 Å². The Morgan fingerprint density at radius 1 is 0.897 bits per heavy atom. The van der Waals surface area contributed by atoms with Gasteiger partial charge in [0.2, 0.25) is 0 Å². The second kappa shape index (κ2) is 13.3. The molecule has 39 heavy (non-hydrogen) atoms. The summed E-state index contributed by atoms with van der Waals surface area (Å²) in [4.78, 5) is 27.2. The largest absolute Gasteiger partial charge is 0.462 e. The summed E-state index contributed by atoms with van der Waals surface area (Å²) in [6.07, 6.45) is 3.82. The maximum atomic E-state index is 12.7. The molecule has 0 spiro atoms. The molecule has 0 aliphatic carbocycles. The third kappa shape index (κ3) is 7.18. The summed E-state index contributed by atoms with van der Waals surface area (Å²) < 4.78 is 35.3. The van der Waals surface area contributed by atoms with Crippen molar-refractivity contribution < 1.29 is 27.8 Å². The van der Waals surface area contributed by atoms with Crippen LogP contribution in [0.5, 0.6) is 5.75 Å². The number of carbonyl (C=O) groups excluding carboxylic acids is 2. The normalized spacial score (nSPS) is 15.6. The third-order valence-corrected chi connectivity index (χ3v) is 7.25. The van der Waals surface area contributed by atoms with Gasteiger partial charge in [-0.3, -0.25) is 4.79 Å². The minimum atomic E-state index is -3.02. The van der Waals surface area contributed by atoms with Gasteiger partial charge in [-0.2, -0.15) is 8.78 Å². The number of hydrogen-bond donors (Lipinski definition) is 0. The first-order chi connectivity index (χ1) is 18.9. The fourth-order valence-electron chi connectivity index (χ4n) is 5.21. The quantitative estimate of drug-likeness (QED) is 0.0955. The maximum Gasteiger partial charge on any atom is 0.387 e. The van der Waals surface area contributed by atoms with Gasteiger partial charge >= 0.3 is 12.6 Å². The summed E-state index contributed by atoms with van der Waals surface area (Å²) in [6, 6.07) is 27.3. The van der Waals surface area contributed by atoms with E-state index in [1.165, 1.54) is 42.3 Å². The summed E-state index contributed by atoms with van der Waals surface area (Å²) in [5.74, 6) is -1.41. The van der Waals surface area contributed by atoms with Gasteiger partial charge in [-0.1, -0.05) is 78.9 Å². The van der Waals surface area contributed by atoms with Crippen LogP contribution in [-0.2, 0) is 19.7 Å². The van der Waals surface area contributed by atoms with Crippen molar-refractivity contribution in [2.24, 2.45) is 0 Å². The zero-order valence-electron chi connectivity index (χ0n) is 22.0. The molecule has 1 aliphatic heterocycles. The summed E-state index contributed by atoms with van der Waals surface area (Å²) >= 11 is 0. The number of likely N-dealkylation sites (tertiary alicyclic amines) is 1. The molecule has 3 aromatic rings. The van der Waals surface area contributed by atoms with Gasteiger partial charge in [0.25, 0.3) is 0 Å². The number of Topliss-reactive ketones (excluding diaryl/α,β-unsaturated/α-hetero) is 1. The van der Waals surface area contributed by atoms with Crippen LogP contribution < -0.4 is 4.74 Å². The number of ketones is 1. The first-order valence-electron chi connectivity index (χ1n) is 13.2. The summed E-state index contributed by atoms with van der Waals surface area (Å²) in [7, 11) is 0. The maximum absolute atomic E-state index is 12.7. The lowest BCUT2D eigenvalue weighted by molar-refractivity contribution is -0.140. The van der Waals surface area contributed by atoms with Crippen molar-refractivity contribution in [1.29, 1.82) is 0 Å². The number of carbonyl (C=O) groups is 2. The topological polar surface area (TPSA) is 55.8 Å². The van der Waals surface area contributed by atoms with Crippen molar-refractivity contribution in [1.82, 2.24) is 4.90 Å². The number of rotatable bonds is 11. The van der Waals surface area contributed by atoms with Gasteiger partial charge in [0, 0.05) is 17.5 Å². The highest BCUT2D eigenvalue weighted by Gasteiger charge is 2.37. The molecule has 1 aliphatic rings. The number of halogens is 2. The van der Waals surface area contributed by atoms with E-state index in [1.54, 1.807) is 6.07 Å². The Bertz CT molecular complexity index is 1230. The molecule has 0 radical (unpaired) electrons. The Morgan fingerprint density at radius 3 is 2.03 bits per heavy atom. The number of benzene rings is 3. The summed E-state index contributed by atoms with van der Waals surface area (Å²) in [5, 5.41) is 0. The summed E-state index contributed by atoms with van der Waals surface area (Å²) in [6.45, 7) is 0.958. The van der Waals surface area contributed by atoms with Crippen LogP contribution in [0.4, 0.5) is 8.78 Å². The zero-order valence-corrected chi connectivity index (χ0v) is 22.0. The monoisotopic (exact) mass is 533 g/mol. The lowest BCUT2D eigenvalue weighted by Crippen LogP contribution is -2.43. The average Bonchev–Trinajstić information content (AvgIpc) is 2.95. The van der Waals surface area contributed by atoms with E-state index in [9.17, 15) is 18.4 Å². The van der Waals surface area contributed by atoms with Crippen molar-refractivity contribution in [3.63, 3.8) is 0 Å². The van der Waals surface area contributed by atoms with Crippen molar-refractivity contribution in [3.8, 4) is 5.75 Å². The molecule has 0 bridgehead atoms. The molecule has 1 fully saturated rings. The van der Waals surface area contributed by atoms with E-state index in [4.69, 9.17) is 4.74 Å². The van der Waals surface area contributed by atoms with E-state index in [0.29, 0.717) is 6.42 Å². The van der Waals surface area contributed by atoms with Gasteiger partial charge in [-0.15, -0.1) is 0 Å². The molecule has 0 aromatic heterocycles. The van der Waals surface area contributed by atoms with Crippen molar-refractivity contribution in [2.75, 3.05) is 26.2 Å². The van der Waals surface area contributed by atoms with Crippen LogP contribution in [-0.4, -0.2) is 49.5 Å². The zero-order chi connectivity index (χ0) is 27.7. The van der Waals surface area contributed by atoms with Gasteiger partial charge in [0.05, 0.1) is 6.61 Å². The van der Waals surface area contributed by atoms with Crippen LogP contribution in [0, 0.1) is 0 Å². The molecule has 0 amide bonds. The molecule has 1 saturated heterocycles. The van der Waals surface area contributed by atoms with Gasteiger partial charge in [0.15, 0.2) is 5.78 Å². The number of para-hydroxylation sites is 1. The number of piperidine rings is 1. The van der Waals surface area contributed by atoms with Crippen LogP contribution in [0.2, 0.25) is 0 Å². The predicted octanol–water partition coefficient (Wildman–Crippen LogP) is 6.28. The van der Waals surface area contributed by atoms with E-state index in [1.807, 2.05) is 12.1 Å². The molecule has 0 saturated carbocycles. The first-order valence-corrected chi connectivity index (χ1v) is 13.2. The van der Waals surface area contributed by atoms with E-state index < -0.39 is 18.4 Å². The predicted molar refractivity (Wildman–Crippen MR) is 147 cm³/mol. The fourth-order valence-corrected chi connectivity index (χ4v) is 5.21. The highest BCUT2D eigenvalue weighted by molar-refractivity contribution is 6.19. The molecule has 204 valence electrons. The van der Waals surface area contributed by atoms with Gasteiger partial charge in [0.1, 0.15) is 11.3 Å². The standard InChI is InChI=1S/C32H33F2NO4/c1-24(36)28(23-25-11-8-9-16-29(25)39-31(33)34)30(37)38-22-10-19-35-20-17-32(18-21-35,26-12-4-2-5-13-26)27-14-6-3-7-15-27/h2-9,11-16,23,31H,10,17-22H2,1H3. The van der Waals surface area contributed by atoms with Crippen molar-refractivity contribution >= 4 is 17.8 Å². The Labute approximate surface area is 228 Å². The van der Waals surface area contributed by atoms with Gasteiger partial charge < -0.3 is 14.4 Å². The molecule has 0 unspecified atom stereocenters. The Balaban J connectivity index is 1.33. The van der Waals surface area contributed by atoms with Crippen LogP contribution in [0.25, 0.3) is 6.08 Å². The third-order valence-electron chi connectivity index (χ3n) is 7.25. The highest BCUT2D eigenvalue weighted by Crippen LogP contribution is 2.41. The van der Waals surface area contributed by atoms with E-state index >= 15 is 0 Å². The molecule has 4 rings (SSSR count). The SMILES string of the molecule is CC(=O)C(=Cc1ccccc1OC(F)F)C(=O)OCCCN1CCC(c2ccccc2)(c2ccccc2)CC1. The minimum absolute atomic E-state index is 0.0308. The smallest absolute Gasteiger partial charge is 0.387 e. The number of ether oxygens (including phenoxy) is 2. The number of alkyl halides is 2. The average molecular weight is 534 g/mol. The highest BCUT2D eigenvalue weighted by atomic mass is 19.3. The van der Waals surface area contributed by atoms with Gasteiger partial charge in [-0.25, -0.2) is 4.79 Å². The number of esters is 1. The minimum Gasteiger partial charge on any atom is -0.462 e. The number of hydrogen-bond acceptors (Lipinski definition) is 5. The molecule has 0 atom stereocenters. The van der Waals surface area contributed by atoms with Crippen LogP contribution >= 0.6 is 0 Å². The first kappa shape index (κ1) is 28.2. The van der Waals surface area contributed by atoms with Gasteiger partial charge in [-0.05, 0) is 62.5 Å². The molecule has 0 N–H and O–H groups in total. The summed E-state index contributed by atoms with van der Waals surface area (Å²) in [5.41, 5.74) is 2.61. The second-order valence-corrected chi connectivity index (χ2v) is 9.68. The van der Waals surface area contributed by atoms with Crippen LogP contribution in [0.15, 0.2) is 90.5 Å². The van der Waals surface area contributed by atoms with E-state index in [2.05, 4.69) is 58.2 Å². The molecule has 1 heterocycles. The van der Waals surface area contributed by atoms with Crippen molar-refractivity contribution in [2.45, 2.75) is 38.2 Å². The molecule has 7 heteroatoms. The molecule has 5 nitrogen and oxygen atoms in total. The Hall–Kier alpha value is -3.84. The fraction of sp³-hybridized carbons (Fsp3) is 0.312. The number of nitrogens with zero attached hydrogens (tertiary/aromatic N) is 1. The van der Waals surface area contributed by atoms with Crippen LogP contribution in [0.1, 0.15) is 42.9 Å². The Morgan fingerprint density at radius 2 is 1.46 bits per heavy atom.